The fraction of sp³-hybridized carbons (Fsp3) is 0.143. The summed E-state index contributed by atoms with van der Waals surface area (Å²) in [5.74, 6) is -0.583. The van der Waals surface area contributed by atoms with E-state index in [1.54, 1.807) is 30.5 Å². The van der Waals surface area contributed by atoms with Gasteiger partial charge in [0.2, 0.25) is 0 Å². The van der Waals surface area contributed by atoms with Crippen molar-refractivity contribution in [3.63, 3.8) is 0 Å². The summed E-state index contributed by atoms with van der Waals surface area (Å²) in [7, 11) is 0. The smallest absolute Gasteiger partial charge is 0.344 e. The molecule has 0 bridgehead atoms. The van der Waals surface area contributed by atoms with Gasteiger partial charge in [-0.2, -0.15) is 0 Å². The molecule has 0 aliphatic rings. The van der Waals surface area contributed by atoms with Crippen molar-refractivity contribution in [2.75, 3.05) is 0 Å². The monoisotopic (exact) mass is 277 g/mol. The fourth-order valence-electron chi connectivity index (χ4n) is 1.57. The summed E-state index contributed by atoms with van der Waals surface area (Å²) < 4.78 is 5.42. The van der Waals surface area contributed by atoms with E-state index in [0.29, 0.717) is 22.0 Å². The van der Waals surface area contributed by atoms with Gasteiger partial charge < -0.3 is 9.84 Å². The quantitative estimate of drug-likeness (QED) is 0.932. The topological polar surface area (TPSA) is 59.4 Å². The summed E-state index contributed by atoms with van der Waals surface area (Å²) >= 11 is 5.97. The number of hydrogen-bond donors (Lipinski definition) is 1. The second-order valence-corrected chi connectivity index (χ2v) is 4.39. The van der Waals surface area contributed by atoms with Crippen LogP contribution in [0.15, 0.2) is 42.6 Å². The van der Waals surface area contributed by atoms with Crippen LogP contribution in [0.1, 0.15) is 6.92 Å². The molecular weight excluding hydrogens is 266 g/mol. The molecule has 1 aromatic heterocycles. The number of ether oxygens (including phenoxy) is 1. The van der Waals surface area contributed by atoms with E-state index in [-0.39, 0.29) is 0 Å². The number of pyridine rings is 1. The minimum atomic E-state index is -1.03. The van der Waals surface area contributed by atoms with Gasteiger partial charge in [-0.15, -0.1) is 0 Å². The van der Waals surface area contributed by atoms with Crippen molar-refractivity contribution in [3.8, 4) is 17.0 Å². The summed E-state index contributed by atoms with van der Waals surface area (Å²) in [5, 5.41) is 9.43. The highest BCUT2D eigenvalue weighted by atomic mass is 35.5. The Hall–Kier alpha value is -2.07. The van der Waals surface area contributed by atoms with Crippen molar-refractivity contribution in [1.82, 2.24) is 4.98 Å². The van der Waals surface area contributed by atoms with Crippen molar-refractivity contribution in [2.24, 2.45) is 0 Å². The van der Waals surface area contributed by atoms with E-state index >= 15 is 0 Å². The molecule has 0 saturated carbocycles. The molecule has 0 spiro atoms. The number of carbonyl (C=O) groups is 1. The van der Waals surface area contributed by atoms with Gasteiger partial charge in [0.05, 0.1) is 5.69 Å². The highest BCUT2D eigenvalue weighted by molar-refractivity contribution is 6.30. The van der Waals surface area contributed by atoms with Crippen molar-refractivity contribution in [2.45, 2.75) is 13.0 Å². The minimum absolute atomic E-state index is 0.443. The summed E-state index contributed by atoms with van der Waals surface area (Å²) in [4.78, 5) is 15.1. The third-order valence-corrected chi connectivity index (χ3v) is 2.77. The molecular formula is C14H12ClNO3. The molecule has 5 heteroatoms. The zero-order valence-electron chi connectivity index (χ0n) is 10.2. The number of aliphatic carboxylic acids is 1. The third-order valence-electron chi connectivity index (χ3n) is 2.53. The van der Waals surface area contributed by atoms with E-state index in [2.05, 4.69) is 4.98 Å². The lowest BCUT2D eigenvalue weighted by Gasteiger charge is -2.14. The van der Waals surface area contributed by atoms with Crippen LogP contribution in [0.3, 0.4) is 0 Å². The molecule has 0 saturated heterocycles. The second kappa shape index (κ2) is 5.71. The van der Waals surface area contributed by atoms with Gasteiger partial charge in [-0.3, -0.25) is 4.98 Å². The average molecular weight is 278 g/mol. The molecule has 0 fully saturated rings. The number of carboxylic acid groups (broad SMARTS) is 1. The number of aromatic nitrogens is 1. The van der Waals surface area contributed by atoms with Gasteiger partial charge in [0, 0.05) is 16.8 Å². The number of halogens is 1. The molecule has 1 aromatic carbocycles. The lowest BCUT2D eigenvalue weighted by molar-refractivity contribution is -0.144. The van der Waals surface area contributed by atoms with E-state index in [4.69, 9.17) is 21.4 Å². The van der Waals surface area contributed by atoms with Crippen molar-refractivity contribution in [1.29, 1.82) is 0 Å². The maximum atomic E-state index is 10.9. The molecule has 0 aliphatic carbocycles. The Balaban J connectivity index is 2.42. The Morgan fingerprint density at radius 2 is 2.16 bits per heavy atom. The molecule has 19 heavy (non-hydrogen) atoms. The number of benzene rings is 1. The first-order valence-electron chi connectivity index (χ1n) is 5.68. The summed E-state index contributed by atoms with van der Waals surface area (Å²) in [6.45, 7) is 1.47. The molecule has 1 atom stereocenters. The molecule has 0 radical (unpaired) electrons. The van der Waals surface area contributed by atoms with Crippen molar-refractivity contribution >= 4 is 17.6 Å². The summed E-state index contributed by atoms with van der Waals surface area (Å²) in [6.07, 6.45) is 0.712. The summed E-state index contributed by atoms with van der Waals surface area (Å²) in [5.41, 5.74) is 1.35. The zero-order chi connectivity index (χ0) is 13.8. The van der Waals surface area contributed by atoms with Crippen LogP contribution in [-0.2, 0) is 4.79 Å². The Morgan fingerprint density at radius 3 is 2.79 bits per heavy atom. The van der Waals surface area contributed by atoms with Crippen LogP contribution in [0.5, 0.6) is 5.75 Å². The average Bonchev–Trinajstić information content (AvgIpc) is 2.41. The molecule has 4 nitrogen and oxygen atoms in total. The molecule has 98 valence electrons. The standard InChI is InChI=1S/C14H12ClNO3/c1-9(14(17)18)19-13-6-5-10(15)8-11(13)12-4-2-3-7-16-12/h2-9H,1H3,(H,17,18)/t9-/m0/s1. The lowest BCUT2D eigenvalue weighted by Crippen LogP contribution is -2.23. The van der Waals surface area contributed by atoms with Gasteiger partial charge in [-0.1, -0.05) is 17.7 Å². The van der Waals surface area contributed by atoms with Gasteiger partial charge in [0.15, 0.2) is 6.10 Å². The van der Waals surface area contributed by atoms with Gasteiger partial charge in [-0.25, -0.2) is 4.79 Å². The molecule has 1 N–H and O–H groups in total. The van der Waals surface area contributed by atoms with E-state index < -0.39 is 12.1 Å². The van der Waals surface area contributed by atoms with E-state index in [1.807, 2.05) is 12.1 Å². The van der Waals surface area contributed by atoms with Crippen LogP contribution in [0, 0.1) is 0 Å². The van der Waals surface area contributed by atoms with E-state index in [0.717, 1.165) is 0 Å². The maximum absolute atomic E-state index is 10.9. The van der Waals surface area contributed by atoms with Crippen molar-refractivity contribution < 1.29 is 14.6 Å². The molecule has 0 aliphatic heterocycles. The molecule has 2 aromatic rings. The largest absolute Gasteiger partial charge is 0.479 e. The number of rotatable bonds is 4. The third kappa shape index (κ3) is 3.23. The molecule has 1 heterocycles. The number of carboxylic acids is 1. The van der Waals surface area contributed by atoms with Gasteiger partial charge in [-0.05, 0) is 37.3 Å². The van der Waals surface area contributed by atoms with Crippen LogP contribution in [0.2, 0.25) is 5.02 Å². The van der Waals surface area contributed by atoms with Crippen LogP contribution in [0.25, 0.3) is 11.3 Å². The predicted molar refractivity (Wildman–Crippen MR) is 72.4 cm³/mol. The first-order valence-corrected chi connectivity index (χ1v) is 6.06. The number of hydrogen-bond acceptors (Lipinski definition) is 3. The number of nitrogens with zero attached hydrogens (tertiary/aromatic N) is 1. The fourth-order valence-corrected chi connectivity index (χ4v) is 1.74. The van der Waals surface area contributed by atoms with Crippen LogP contribution in [-0.4, -0.2) is 22.2 Å². The van der Waals surface area contributed by atoms with Gasteiger partial charge in [0.25, 0.3) is 0 Å². The Kier molecular flexibility index (Phi) is 4.02. The lowest BCUT2D eigenvalue weighted by atomic mass is 10.1. The molecule has 2 rings (SSSR count). The highest BCUT2D eigenvalue weighted by Gasteiger charge is 2.16. The van der Waals surface area contributed by atoms with Crippen LogP contribution >= 0.6 is 11.6 Å². The first kappa shape index (κ1) is 13.4. The van der Waals surface area contributed by atoms with Crippen molar-refractivity contribution in [3.05, 3.63) is 47.6 Å². The van der Waals surface area contributed by atoms with Gasteiger partial charge in [0.1, 0.15) is 5.75 Å². The SMILES string of the molecule is C[C@H](Oc1ccc(Cl)cc1-c1ccccn1)C(=O)O. The Bertz CT molecular complexity index is 586. The minimum Gasteiger partial charge on any atom is -0.479 e. The zero-order valence-corrected chi connectivity index (χ0v) is 11.0. The van der Waals surface area contributed by atoms with E-state index in [1.165, 1.54) is 6.92 Å². The Labute approximate surface area is 115 Å². The van der Waals surface area contributed by atoms with Crippen LogP contribution < -0.4 is 4.74 Å². The Morgan fingerprint density at radius 1 is 1.37 bits per heavy atom. The molecule has 0 amide bonds. The highest BCUT2D eigenvalue weighted by Crippen LogP contribution is 2.31. The van der Waals surface area contributed by atoms with E-state index in [9.17, 15) is 4.79 Å². The second-order valence-electron chi connectivity index (χ2n) is 3.95. The van der Waals surface area contributed by atoms with Gasteiger partial charge >= 0.3 is 5.97 Å². The first-order chi connectivity index (χ1) is 9.08. The maximum Gasteiger partial charge on any atom is 0.344 e. The predicted octanol–water partition coefficient (Wildman–Crippen LogP) is 3.25. The summed E-state index contributed by atoms with van der Waals surface area (Å²) in [6, 6.07) is 10.4. The molecule has 0 unspecified atom stereocenters. The van der Waals surface area contributed by atoms with Crippen LogP contribution in [0.4, 0.5) is 0 Å². The normalized spacial score (nSPS) is 11.9.